The number of halogens is 2. The summed E-state index contributed by atoms with van der Waals surface area (Å²) in [6.07, 6.45) is 4.68. The highest BCUT2D eigenvalue weighted by atomic mass is 35.5. The van der Waals surface area contributed by atoms with E-state index in [4.69, 9.17) is 16.3 Å². The molecule has 2 rings (SSSR count). The number of benzene rings is 2. The molecule has 0 saturated carbocycles. The molecule has 2 amide bonds. The van der Waals surface area contributed by atoms with Gasteiger partial charge < -0.3 is 21.6 Å². The minimum absolute atomic E-state index is 0. The second-order valence-electron chi connectivity index (χ2n) is 7.91. The zero-order chi connectivity index (χ0) is 23.9. The summed E-state index contributed by atoms with van der Waals surface area (Å²) < 4.78 is 0. The highest BCUT2D eigenvalue weighted by molar-refractivity contribution is 5.85. The number of amides is 2. The Hall–Kier alpha value is -2.65. The summed E-state index contributed by atoms with van der Waals surface area (Å²) in [4.78, 5) is 40.1. The van der Waals surface area contributed by atoms with Gasteiger partial charge in [0.05, 0.1) is 18.9 Å². The van der Waals surface area contributed by atoms with Gasteiger partial charge in [-0.25, -0.2) is 4.79 Å². The molecular formula is C25H36Cl2N4O4. The standard InChI is InChI=1S/C25H34N4O4.2ClH/c26-16-14-22(27)25(32)28-17-15-24(31)33-29-23(30)18-21-12-10-20(11-13-21)9-5-4-8-19-6-2-1-3-7-19;;/h1-3,6-7,10-13,22H,4-5,8-9,14-18,26-27H2,(H,28,32)(H,29,30);2*1H/t22-;;/m0../s1. The van der Waals surface area contributed by atoms with Gasteiger partial charge in [0.15, 0.2) is 0 Å². The van der Waals surface area contributed by atoms with E-state index in [1.807, 2.05) is 30.3 Å². The Balaban J connectivity index is 0.00000578. The summed E-state index contributed by atoms with van der Waals surface area (Å²) in [6.45, 7) is 0.374. The lowest BCUT2D eigenvalue weighted by Crippen LogP contribution is -2.42. The molecule has 2 aromatic carbocycles. The second-order valence-corrected chi connectivity index (χ2v) is 7.91. The minimum atomic E-state index is -0.702. The van der Waals surface area contributed by atoms with Gasteiger partial charge in [-0.05, 0) is 55.3 Å². The predicted octanol–water partition coefficient (Wildman–Crippen LogP) is 2.39. The van der Waals surface area contributed by atoms with Crippen molar-refractivity contribution < 1.29 is 19.2 Å². The first-order chi connectivity index (χ1) is 16.0. The van der Waals surface area contributed by atoms with E-state index in [0.29, 0.717) is 13.0 Å². The van der Waals surface area contributed by atoms with E-state index in [1.165, 1.54) is 11.1 Å². The lowest BCUT2D eigenvalue weighted by molar-refractivity contribution is -0.158. The van der Waals surface area contributed by atoms with Crippen LogP contribution in [0.25, 0.3) is 0 Å². The molecule has 0 unspecified atom stereocenters. The molecule has 0 spiro atoms. The van der Waals surface area contributed by atoms with E-state index >= 15 is 0 Å². The van der Waals surface area contributed by atoms with Gasteiger partial charge >= 0.3 is 5.97 Å². The highest BCUT2D eigenvalue weighted by Crippen LogP contribution is 2.11. The Morgan fingerprint density at radius 3 is 2.03 bits per heavy atom. The molecule has 0 aliphatic carbocycles. The third kappa shape index (κ3) is 13.7. The van der Waals surface area contributed by atoms with Crippen molar-refractivity contribution >= 4 is 42.6 Å². The molecule has 0 fully saturated rings. The number of hydroxylamine groups is 1. The maximum atomic E-state index is 12.0. The van der Waals surface area contributed by atoms with Crippen LogP contribution < -0.4 is 22.3 Å². The third-order valence-electron chi connectivity index (χ3n) is 5.13. The van der Waals surface area contributed by atoms with Crippen LogP contribution in [-0.4, -0.2) is 36.9 Å². The third-order valence-corrected chi connectivity index (χ3v) is 5.13. The number of carbonyl (C=O) groups excluding carboxylic acids is 3. The summed E-state index contributed by atoms with van der Waals surface area (Å²) in [5.41, 5.74) is 16.5. The van der Waals surface area contributed by atoms with Crippen molar-refractivity contribution in [3.8, 4) is 0 Å². The number of hydrogen-bond donors (Lipinski definition) is 4. The van der Waals surface area contributed by atoms with Gasteiger partial charge in [0, 0.05) is 6.54 Å². The average molecular weight is 527 g/mol. The Kier molecular flexibility index (Phi) is 17.2. The number of unbranched alkanes of at least 4 members (excludes halogenated alkanes) is 1. The molecule has 6 N–H and O–H groups in total. The number of rotatable bonds is 13. The van der Waals surface area contributed by atoms with Crippen molar-refractivity contribution in [2.24, 2.45) is 11.5 Å². The van der Waals surface area contributed by atoms with Gasteiger partial charge in [-0.2, -0.15) is 5.48 Å². The van der Waals surface area contributed by atoms with Crippen molar-refractivity contribution in [3.63, 3.8) is 0 Å². The van der Waals surface area contributed by atoms with Gasteiger partial charge in [-0.3, -0.25) is 9.59 Å². The van der Waals surface area contributed by atoms with E-state index in [-0.39, 0.29) is 50.1 Å². The largest absolute Gasteiger partial charge is 0.354 e. The molecule has 0 saturated heterocycles. The van der Waals surface area contributed by atoms with Crippen LogP contribution in [0, 0.1) is 0 Å². The monoisotopic (exact) mass is 526 g/mol. The van der Waals surface area contributed by atoms with Gasteiger partial charge in [0.2, 0.25) is 5.91 Å². The van der Waals surface area contributed by atoms with Gasteiger partial charge in [-0.15, -0.1) is 24.8 Å². The van der Waals surface area contributed by atoms with Crippen LogP contribution in [0.15, 0.2) is 54.6 Å². The van der Waals surface area contributed by atoms with E-state index in [9.17, 15) is 14.4 Å². The van der Waals surface area contributed by atoms with E-state index < -0.39 is 17.9 Å². The van der Waals surface area contributed by atoms with Crippen LogP contribution in [0.1, 0.15) is 42.4 Å². The lowest BCUT2D eigenvalue weighted by atomic mass is 10.0. The van der Waals surface area contributed by atoms with Crippen LogP contribution in [0.2, 0.25) is 0 Å². The smallest absolute Gasteiger partial charge is 0.334 e. The zero-order valence-electron chi connectivity index (χ0n) is 19.7. The fraction of sp³-hybridized carbons (Fsp3) is 0.400. The molecule has 0 aromatic heterocycles. The van der Waals surface area contributed by atoms with Crippen LogP contribution in [0.4, 0.5) is 0 Å². The summed E-state index contributed by atoms with van der Waals surface area (Å²) >= 11 is 0. The number of carbonyl (C=O) groups is 3. The summed E-state index contributed by atoms with van der Waals surface area (Å²) in [6, 6.07) is 17.6. The quantitative estimate of drug-likeness (QED) is 0.233. The second kappa shape index (κ2) is 18.6. The maximum absolute atomic E-state index is 12.0. The molecule has 35 heavy (non-hydrogen) atoms. The van der Waals surface area contributed by atoms with Crippen molar-refractivity contribution in [2.45, 2.75) is 51.0 Å². The van der Waals surface area contributed by atoms with Gasteiger partial charge in [0.1, 0.15) is 0 Å². The van der Waals surface area contributed by atoms with Gasteiger partial charge in [0.25, 0.3) is 5.91 Å². The molecule has 0 bridgehead atoms. The van der Waals surface area contributed by atoms with Crippen LogP contribution in [-0.2, 0) is 38.5 Å². The SMILES string of the molecule is Cl.Cl.NCC[C@H](N)C(=O)NCCC(=O)ONC(=O)Cc1ccc(CCCCc2ccccc2)cc1. The van der Waals surface area contributed by atoms with Crippen LogP contribution in [0.3, 0.4) is 0 Å². The molecule has 8 nitrogen and oxygen atoms in total. The fourth-order valence-electron chi connectivity index (χ4n) is 3.24. The Labute approximate surface area is 219 Å². The molecular weight excluding hydrogens is 491 g/mol. The van der Waals surface area contributed by atoms with Crippen LogP contribution >= 0.6 is 24.8 Å². The molecule has 1 atom stereocenters. The molecule has 2 aromatic rings. The molecule has 10 heteroatoms. The first-order valence-electron chi connectivity index (χ1n) is 11.3. The van der Waals surface area contributed by atoms with Gasteiger partial charge in [-0.1, -0.05) is 54.6 Å². The number of aryl methyl sites for hydroxylation is 2. The summed E-state index contributed by atoms with van der Waals surface area (Å²) in [5.74, 6) is -1.45. The minimum Gasteiger partial charge on any atom is -0.354 e. The Morgan fingerprint density at radius 1 is 0.857 bits per heavy atom. The highest BCUT2D eigenvalue weighted by Gasteiger charge is 2.13. The van der Waals surface area contributed by atoms with Crippen molar-refractivity contribution in [1.82, 2.24) is 10.8 Å². The van der Waals surface area contributed by atoms with Crippen molar-refractivity contribution in [1.29, 1.82) is 0 Å². The number of hydrogen-bond acceptors (Lipinski definition) is 6. The first-order valence-corrected chi connectivity index (χ1v) is 11.3. The average Bonchev–Trinajstić information content (AvgIpc) is 2.82. The molecule has 0 aliphatic heterocycles. The molecule has 0 heterocycles. The molecule has 194 valence electrons. The van der Waals surface area contributed by atoms with Crippen molar-refractivity contribution in [2.75, 3.05) is 13.1 Å². The summed E-state index contributed by atoms with van der Waals surface area (Å²) in [7, 11) is 0. The zero-order valence-corrected chi connectivity index (χ0v) is 21.4. The van der Waals surface area contributed by atoms with Crippen molar-refractivity contribution in [3.05, 3.63) is 71.3 Å². The van der Waals surface area contributed by atoms with E-state index in [2.05, 4.69) is 35.1 Å². The first kappa shape index (κ1) is 32.4. The topological polar surface area (TPSA) is 137 Å². The van der Waals surface area contributed by atoms with E-state index in [0.717, 1.165) is 31.2 Å². The number of nitrogens with one attached hydrogen (secondary N) is 2. The predicted molar refractivity (Wildman–Crippen MR) is 141 cm³/mol. The fourth-order valence-corrected chi connectivity index (χ4v) is 3.24. The number of nitrogens with two attached hydrogens (primary N) is 2. The Morgan fingerprint density at radius 2 is 1.43 bits per heavy atom. The van der Waals surface area contributed by atoms with E-state index in [1.54, 1.807) is 0 Å². The maximum Gasteiger partial charge on any atom is 0.334 e. The summed E-state index contributed by atoms with van der Waals surface area (Å²) in [5, 5.41) is 2.52. The molecule has 0 aliphatic rings. The molecule has 0 radical (unpaired) electrons. The van der Waals surface area contributed by atoms with Crippen LogP contribution in [0.5, 0.6) is 0 Å². The Bertz CT molecular complexity index is 883. The normalized spacial score (nSPS) is 10.8. The lowest BCUT2D eigenvalue weighted by Gasteiger charge is -2.11.